The molecule has 0 saturated carbocycles. The molecule has 7 heteroatoms. The Bertz CT molecular complexity index is 942. The van der Waals surface area contributed by atoms with Crippen molar-refractivity contribution in [3.63, 3.8) is 0 Å². The first kappa shape index (κ1) is 20.0. The van der Waals surface area contributed by atoms with Crippen LogP contribution in [0.3, 0.4) is 0 Å². The SMILES string of the molecule is N#C/C(=C/c1ccccc1OCC(=O)O)C(=O)N1CCN(c2ccccc2)CC1. The Morgan fingerprint density at radius 1 is 1.03 bits per heavy atom. The van der Waals surface area contributed by atoms with Crippen molar-refractivity contribution >= 4 is 23.6 Å². The van der Waals surface area contributed by atoms with Crippen molar-refractivity contribution in [2.75, 3.05) is 37.7 Å². The van der Waals surface area contributed by atoms with Gasteiger partial charge in [-0.25, -0.2) is 4.79 Å². The molecule has 0 atom stereocenters. The van der Waals surface area contributed by atoms with Crippen molar-refractivity contribution in [1.82, 2.24) is 4.90 Å². The molecule has 1 aliphatic rings. The highest BCUT2D eigenvalue weighted by Crippen LogP contribution is 2.22. The fourth-order valence-corrected chi connectivity index (χ4v) is 3.14. The van der Waals surface area contributed by atoms with Crippen LogP contribution in [-0.2, 0) is 9.59 Å². The number of hydrogen-bond acceptors (Lipinski definition) is 5. The van der Waals surface area contributed by atoms with Crippen LogP contribution in [0.1, 0.15) is 5.56 Å². The zero-order valence-electron chi connectivity index (χ0n) is 15.8. The first-order valence-electron chi connectivity index (χ1n) is 9.23. The van der Waals surface area contributed by atoms with Gasteiger partial charge in [0.1, 0.15) is 17.4 Å². The minimum absolute atomic E-state index is 0.00969. The van der Waals surface area contributed by atoms with Crippen molar-refractivity contribution in [2.45, 2.75) is 0 Å². The molecule has 7 nitrogen and oxygen atoms in total. The Morgan fingerprint density at radius 3 is 2.34 bits per heavy atom. The number of rotatable bonds is 6. The minimum atomic E-state index is -1.10. The van der Waals surface area contributed by atoms with Crippen LogP contribution in [0.5, 0.6) is 5.75 Å². The Kier molecular flexibility index (Phi) is 6.48. The van der Waals surface area contributed by atoms with Gasteiger partial charge in [0.25, 0.3) is 5.91 Å². The lowest BCUT2D eigenvalue weighted by Gasteiger charge is -2.36. The average molecular weight is 391 g/mol. The molecule has 1 heterocycles. The molecule has 29 heavy (non-hydrogen) atoms. The van der Waals surface area contributed by atoms with Crippen LogP contribution in [0.4, 0.5) is 5.69 Å². The summed E-state index contributed by atoms with van der Waals surface area (Å²) in [4.78, 5) is 27.4. The van der Waals surface area contributed by atoms with Gasteiger partial charge in [-0.2, -0.15) is 5.26 Å². The van der Waals surface area contributed by atoms with Gasteiger partial charge in [0.2, 0.25) is 0 Å². The summed E-state index contributed by atoms with van der Waals surface area (Å²) in [6.45, 7) is 1.91. The Hall–Kier alpha value is -3.79. The number of carboxylic acids is 1. The van der Waals surface area contributed by atoms with E-state index in [1.807, 2.05) is 36.4 Å². The third-order valence-electron chi connectivity index (χ3n) is 4.61. The summed E-state index contributed by atoms with van der Waals surface area (Å²) in [5, 5.41) is 18.3. The Labute approximate surface area is 169 Å². The number of nitriles is 1. The number of benzene rings is 2. The van der Waals surface area contributed by atoms with E-state index in [1.54, 1.807) is 29.2 Å². The van der Waals surface area contributed by atoms with E-state index >= 15 is 0 Å². The van der Waals surface area contributed by atoms with Gasteiger partial charge >= 0.3 is 5.97 Å². The highest BCUT2D eigenvalue weighted by molar-refractivity contribution is 6.02. The number of ether oxygens (including phenoxy) is 1. The van der Waals surface area contributed by atoms with Crippen molar-refractivity contribution in [1.29, 1.82) is 5.26 Å². The maximum absolute atomic E-state index is 12.8. The molecule has 1 saturated heterocycles. The molecule has 0 radical (unpaired) electrons. The van der Waals surface area contributed by atoms with Crippen molar-refractivity contribution < 1.29 is 19.4 Å². The van der Waals surface area contributed by atoms with Gasteiger partial charge in [-0.1, -0.05) is 36.4 Å². The monoisotopic (exact) mass is 391 g/mol. The number of nitrogens with zero attached hydrogens (tertiary/aromatic N) is 3. The molecular formula is C22H21N3O4. The number of carboxylic acid groups (broad SMARTS) is 1. The summed E-state index contributed by atoms with van der Waals surface area (Å²) < 4.78 is 5.25. The van der Waals surface area contributed by atoms with Crippen LogP contribution < -0.4 is 9.64 Å². The van der Waals surface area contributed by atoms with Gasteiger partial charge in [-0.3, -0.25) is 4.79 Å². The number of amides is 1. The van der Waals surface area contributed by atoms with Crippen LogP contribution in [0.2, 0.25) is 0 Å². The van der Waals surface area contributed by atoms with Crippen molar-refractivity contribution in [2.24, 2.45) is 0 Å². The van der Waals surface area contributed by atoms with Gasteiger partial charge in [0.15, 0.2) is 6.61 Å². The number of carbonyl (C=O) groups is 2. The smallest absolute Gasteiger partial charge is 0.341 e. The van der Waals surface area contributed by atoms with Gasteiger partial charge in [-0.05, 0) is 24.3 Å². The molecule has 2 aromatic rings. The molecule has 0 bridgehead atoms. The molecular weight excluding hydrogens is 370 g/mol. The summed E-state index contributed by atoms with van der Waals surface area (Å²) in [5.74, 6) is -1.13. The predicted octanol–water partition coefficient (Wildman–Crippen LogP) is 2.41. The number of hydrogen-bond donors (Lipinski definition) is 1. The first-order chi connectivity index (χ1) is 14.1. The first-order valence-corrected chi connectivity index (χ1v) is 9.23. The predicted molar refractivity (Wildman–Crippen MR) is 108 cm³/mol. The fraction of sp³-hybridized carbons (Fsp3) is 0.227. The van der Waals surface area contributed by atoms with Gasteiger partial charge in [-0.15, -0.1) is 0 Å². The van der Waals surface area contributed by atoms with E-state index in [0.717, 1.165) is 5.69 Å². The highest BCUT2D eigenvalue weighted by Gasteiger charge is 2.24. The molecule has 1 N–H and O–H groups in total. The quantitative estimate of drug-likeness (QED) is 0.600. The zero-order chi connectivity index (χ0) is 20.6. The number of para-hydroxylation sites is 2. The van der Waals surface area contributed by atoms with E-state index in [0.29, 0.717) is 37.5 Å². The molecule has 0 aliphatic carbocycles. The van der Waals surface area contributed by atoms with Crippen LogP contribution in [0.25, 0.3) is 6.08 Å². The number of aliphatic carboxylic acids is 1. The summed E-state index contributed by atoms with van der Waals surface area (Å²) in [7, 11) is 0. The van der Waals surface area contributed by atoms with Gasteiger partial charge in [0, 0.05) is 37.4 Å². The van der Waals surface area contributed by atoms with E-state index < -0.39 is 12.6 Å². The highest BCUT2D eigenvalue weighted by atomic mass is 16.5. The van der Waals surface area contributed by atoms with Crippen LogP contribution in [-0.4, -0.2) is 54.7 Å². The second-order valence-corrected chi connectivity index (χ2v) is 6.50. The third-order valence-corrected chi connectivity index (χ3v) is 4.61. The van der Waals surface area contributed by atoms with E-state index in [4.69, 9.17) is 9.84 Å². The van der Waals surface area contributed by atoms with Crippen molar-refractivity contribution in [3.05, 3.63) is 65.7 Å². The molecule has 1 aliphatic heterocycles. The number of anilines is 1. The second-order valence-electron chi connectivity index (χ2n) is 6.50. The molecule has 3 rings (SSSR count). The van der Waals surface area contributed by atoms with E-state index in [9.17, 15) is 14.9 Å². The van der Waals surface area contributed by atoms with Gasteiger partial charge < -0.3 is 19.6 Å². The van der Waals surface area contributed by atoms with E-state index in [2.05, 4.69) is 4.90 Å². The molecule has 1 amide bonds. The van der Waals surface area contributed by atoms with Crippen LogP contribution in [0, 0.1) is 11.3 Å². The lowest BCUT2D eigenvalue weighted by atomic mass is 10.1. The lowest BCUT2D eigenvalue weighted by molar-refractivity contribution is -0.139. The van der Waals surface area contributed by atoms with E-state index in [1.165, 1.54) is 6.08 Å². The second kappa shape index (κ2) is 9.42. The summed E-state index contributed by atoms with van der Waals surface area (Å²) >= 11 is 0. The molecule has 1 fully saturated rings. The normalized spacial score (nSPS) is 14.2. The van der Waals surface area contributed by atoms with Crippen LogP contribution >= 0.6 is 0 Å². The summed E-state index contributed by atoms with van der Waals surface area (Å²) in [5.41, 5.74) is 1.59. The molecule has 148 valence electrons. The van der Waals surface area contributed by atoms with Crippen LogP contribution in [0.15, 0.2) is 60.2 Å². The standard InChI is InChI=1S/C22H21N3O4/c23-15-18(14-17-6-4-5-9-20(17)29-16-21(26)27)22(28)25-12-10-24(11-13-25)19-7-2-1-3-8-19/h1-9,14H,10-13,16H2,(H,26,27)/b18-14-. The zero-order valence-corrected chi connectivity index (χ0v) is 15.8. The maximum Gasteiger partial charge on any atom is 0.341 e. The largest absolute Gasteiger partial charge is 0.481 e. The lowest BCUT2D eigenvalue weighted by Crippen LogP contribution is -2.49. The molecule has 0 spiro atoms. The number of piperazine rings is 1. The fourth-order valence-electron chi connectivity index (χ4n) is 3.14. The molecule has 2 aromatic carbocycles. The average Bonchev–Trinajstić information content (AvgIpc) is 2.77. The summed E-state index contributed by atoms with van der Waals surface area (Å²) in [6.07, 6.45) is 1.45. The minimum Gasteiger partial charge on any atom is -0.481 e. The van der Waals surface area contributed by atoms with Gasteiger partial charge in [0.05, 0.1) is 0 Å². The van der Waals surface area contributed by atoms with E-state index in [-0.39, 0.29) is 11.5 Å². The van der Waals surface area contributed by atoms with Crippen molar-refractivity contribution in [3.8, 4) is 11.8 Å². The third kappa shape index (κ3) is 5.14. The Balaban J connectivity index is 1.70. The summed E-state index contributed by atoms with van der Waals surface area (Å²) in [6, 6.07) is 18.7. The Morgan fingerprint density at radius 2 is 1.69 bits per heavy atom. The molecule has 0 unspecified atom stereocenters. The molecule has 0 aromatic heterocycles. The topological polar surface area (TPSA) is 93.9 Å². The number of carbonyl (C=O) groups excluding carboxylic acids is 1. The maximum atomic E-state index is 12.8.